The Bertz CT molecular complexity index is 279. The van der Waals surface area contributed by atoms with E-state index in [-0.39, 0.29) is 0 Å². The Morgan fingerprint density at radius 3 is 2.91 bits per heavy atom. The van der Waals surface area contributed by atoms with Crippen LogP contribution < -0.4 is 10.9 Å². The van der Waals surface area contributed by atoms with Crippen LogP contribution in [0.25, 0.3) is 0 Å². The van der Waals surface area contributed by atoms with E-state index in [1.807, 2.05) is 0 Å². The first-order valence-electron chi connectivity index (χ1n) is 2.98. The van der Waals surface area contributed by atoms with Gasteiger partial charge in [-0.2, -0.15) is 5.26 Å². The third kappa shape index (κ3) is 2.36. The fourth-order valence-electron chi connectivity index (χ4n) is 0.666. The molecule has 0 fully saturated rings. The lowest BCUT2D eigenvalue weighted by Gasteiger charge is -2.01. The van der Waals surface area contributed by atoms with Gasteiger partial charge in [-0.05, 0) is 18.2 Å². The average molecular weight is 168 g/mol. The smallest absolute Gasteiger partial charge is 0.197 e. The maximum Gasteiger partial charge on any atom is 0.197 e. The molecule has 0 aliphatic carbocycles. The number of benzene rings is 1. The van der Waals surface area contributed by atoms with E-state index < -0.39 is 0 Å². The van der Waals surface area contributed by atoms with E-state index in [2.05, 4.69) is 10.9 Å². The first-order valence-corrected chi connectivity index (χ1v) is 3.36. The SMILES string of the molecule is N#CNNc1cccc(Cl)c1. The second-order valence-corrected chi connectivity index (χ2v) is 2.31. The number of nitrogens with one attached hydrogen (secondary N) is 2. The third-order valence-electron chi connectivity index (χ3n) is 1.09. The lowest BCUT2D eigenvalue weighted by molar-refractivity contribution is 1.07. The van der Waals surface area contributed by atoms with E-state index in [1.165, 1.54) is 0 Å². The molecule has 0 radical (unpaired) electrons. The summed E-state index contributed by atoms with van der Waals surface area (Å²) in [6.07, 6.45) is 1.73. The van der Waals surface area contributed by atoms with Crippen LogP contribution in [-0.2, 0) is 0 Å². The van der Waals surface area contributed by atoms with Gasteiger partial charge in [-0.15, -0.1) is 0 Å². The molecule has 4 heteroatoms. The normalized spacial score (nSPS) is 8.36. The van der Waals surface area contributed by atoms with Crippen molar-refractivity contribution in [2.45, 2.75) is 0 Å². The fraction of sp³-hybridized carbons (Fsp3) is 0. The standard InChI is InChI=1S/C7H6ClN3/c8-6-2-1-3-7(4-6)11-10-5-9/h1-4,10-11H. The van der Waals surface area contributed by atoms with Gasteiger partial charge in [0, 0.05) is 5.02 Å². The summed E-state index contributed by atoms with van der Waals surface area (Å²) < 4.78 is 0. The Hall–Kier alpha value is -1.40. The zero-order valence-electron chi connectivity index (χ0n) is 5.63. The molecule has 1 rings (SSSR count). The molecule has 1 aromatic rings. The second kappa shape index (κ2) is 3.69. The Morgan fingerprint density at radius 1 is 1.45 bits per heavy atom. The number of hydrazine groups is 1. The van der Waals surface area contributed by atoms with E-state index in [0.29, 0.717) is 5.02 Å². The number of halogens is 1. The summed E-state index contributed by atoms with van der Waals surface area (Å²) in [7, 11) is 0. The van der Waals surface area contributed by atoms with Gasteiger partial charge >= 0.3 is 0 Å². The molecule has 0 aliphatic heterocycles. The molecule has 11 heavy (non-hydrogen) atoms. The molecule has 0 heterocycles. The highest BCUT2D eigenvalue weighted by Crippen LogP contribution is 2.13. The molecule has 0 aromatic heterocycles. The Kier molecular flexibility index (Phi) is 2.59. The van der Waals surface area contributed by atoms with Crippen LogP contribution in [0.2, 0.25) is 5.02 Å². The number of nitriles is 1. The second-order valence-electron chi connectivity index (χ2n) is 1.87. The van der Waals surface area contributed by atoms with Crippen molar-refractivity contribution in [3.05, 3.63) is 29.3 Å². The summed E-state index contributed by atoms with van der Waals surface area (Å²) in [5.41, 5.74) is 5.69. The number of anilines is 1. The van der Waals surface area contributed by atoms with Gasteiger partial charge in [0.05, 0.1) is 5.69 Å². The molecule has 0 saturated carbocycles. The summed E-state index contributed by atoms with van der Waals surface area (Å²) in [6.45, 7) is 0. The zero-order chi connectivity index (χ0) is 8.10. The number of rotatable bonds is 2. The number of hydrogen-bond acceptors (Lipinski definition) is 3. The minimum atomic E-state index is 0.634. The van der Waals surface area contributed by atoms with Crippen molar-refractivity contribution in [3.63, 3.8) is 0 Å². The molecule has 1 aromatic carbocycles. The minimum Gasteiger partial charge on any atom is -0.292 e. The monoisotopic (exact) mass is 167 g/mol. The highest BCUT2D eigenvalue weighted by molar-refractivity contribution is 6.30. The van der Waals surface area contributed by atoms with Gasteiger partial charge in [0.1, 0.15) is 0 Å². The van der Waals surface area contributed by atoms with Crippen LogP contribution in [0, 0.1) is 11.5 Å². The molecule has 0 bridgehead atoms. The average Bonchev–Trinajstić information content (AvgIpc) is 2.01. The van der Waals surface area contributed by atoms with Gasteiger partial charge in [-0.3, -0.25) is 5.43 Å². The van der Waals surface area contributed by atoms with Crippen LogP contribution in [0.15, 0.2) is 24.3 Å². The largest absolute Gasteiger partial charge is 0.292 e. The first-order chi connectivity index (χ1) is 5.33. The summed E-state index contributed by atoms with van der Waals surface area (Å²) >= 11 is 5.67. The first kappa shape index (κ1) is 7.70. The van der Waals surface area contributed by atoms with Crippen molar-refractivity contribution in [2.75, 3.05) is 5.43 Å². The van der Waals surface area contributed by atoms with E-state index in [4.69, 9.17) is 16.9 Å². The van der Waals surface area contributed by atoms with Crippen LogP contribution in [0.4, 0.5) is 5.69 Å². The topological polar surface area (TPSA) is 47.9 Å². The molecule has 0 saturated heterocycles. The van der Waals surface area contributed by atoms with Gasteiger partial charge in [-0.25, -0.2) is 5.43 Å². The van der Waals surface area contributed by atoms with Crippen molar-refractivity contribution in [1.29, 1.82) is 5.26 Å². The lowest BCUT2D eigenvalue weighted by Crippen LogP contribution is -2.13. The van der Waals surface area contributed by atoms with Gasteiger partial charge in [0.2, 0.25) is 0 Å². The van der Waals surface area contributed by atoms with Gasteiger partial charge in [-0.1, -0.05) is 17.7 Å². The van der Waals surface area contributed by atoms with Crippen molar-refractivity contribution in [1.82, 2.24) is 5.43 Å². The molecule has 0 aliphatic rings. The predicted molar refractivity (Wildman–Crippen MR) is 43.8 cm³/mol. The molecule has 0 spiro atoms. The van der Waals surface area contributed by atoms with Crippen molar-refractivity contribution < 1.29 is 0 Å². The van der Waals surface area contributed by atoms with Crippen molar-refractivity contribution in [2.24, 2.45) is 0 Å². The molecule has 0 amide bonds. The van der Waals surface area contributed by atoms with Crippen LogP contribution in [0.1, 0.15) is 0 Å². The van der Waals surface area contributed by atoms with Crippen LogP contribution in [0.5, 0.6) is 0 Å². The van der Waals surface area contributed by atoms with Gasteiger partial charge < -0.3 is 0 Å². The number of nitrogens with zero attached hydrogens (tertiary/aromatic N) is 1. The maximum atomic E-state index is 8.14. The van der Waals surface area contributed by atoms with E-state index in [1.54, 1.807) is 30.5 Å². The molecular formula is C7H6ClN3. The summed E-state index contributed by atoms with van der Waals surface area (Å²) in [6, 6.07) is 7.07. The van der Waals surface area contributed by atoms with Gasteiger partial charge in [0.25, 0.3) is 0 Å². The van der Waals surface area contributed by atoms with Crippen LogP contribution in [-0.4, -0.2) is 0 Å². The molecule has 56 valence electrons. The lowest BCUT2D eigenvalue weighted by atomic mass is 10.3. The van der Waals surface area contributed by atoms with E-state index in [0.717, 1.165) is 5.69 Å². The molecule has 0 unspecified atom stereocenters. The molecule has 0 atom stereocenters. The minimum absolute atomic E-state index is 0.634. The maximum absolute atomic E-state index is 8.14. The number of hydrogen-bond donors (Lipinski definition) is 2. The van der Waals surface area contributed by atoms with Crippen LogP contribution in [0.3, 0.4) is 0 Å². The highest BCUT2D eigenvalue weighted by atomic mass is 35.5. The van der Waals surface area contributed by atoms with Crippen molar-refractivity contribution >= 4 is 17.3 Å². The van der Waals surface area contributed by atoms with E-state index in [9.17, 15) is 0 Å². The zero-order valence-corrected chi connectivity index (χ0v) is 6.39. The summed E-state index contributed by atoms with van der Waals surface area (Å²) in [4.78, 5) is 0. The Balaban J connectivity index is 2.65. The predicted octanol–water partition coefficient (Wildman–Crippen LogP) is 1.74. The Morgan fingerprint density at radius 2 is 2.27 bits per heavy atom. The molecule has 2 N–H and O–H groups in total. The molecule has 3 nitrogen and oxygen atoms in total. The highest BCUT2D eigenvalue weighted by Gasteiger charge is 1.89. The summed E-state index contributed by atoms with van der Waals surface area (Å²) in [5, 5.41) is 8.77. The molecular weight excluding hydrogens is 162 g/mol. The Labute approximate surface area is 69.6 Å². The van der Waals surface area contributed by atoms with Crippen LogP contribution >= 0.6 is 11.6 Å². The van der Waals surface area contributed by atoms with Crippen molar-refractivity contribution in [3.8, 4) is 6.19 Å². The van der Waals surface area contributed by atoms with E-state index >= 15 is 0 Å². The quantitative estimate of drug-likeness (QED) is 0.401. The fourth-order valence-corrected chi connectivity index (χ4v) is 0.857. The third-order valence-corrected chi connectivity index (χ3v) is 1.32. The van der Waals surface area contributed by atoms with Gasteiger partial charge in [0.15, 0.2) is 6.19 Å². The summed E-state index contributed by atoms with van der Waals surface area (Å²) in [5.74, 6) is 0.